The molecule has 1 atom stereocenters. The highest BCUT2D eigenvalue weighted by atomic mass is 32.2. The van der Waals surface area contributed by atoms with E-state index in [1.54, 1.807) is 54.9 Å². The number of nitrogens with one attached hydrogen (secondary N) is 2. The maximum Gasteiger partial charge on any atom is 0.256 e. The van der Waals surface area contributed by atoms with E-state index in [0.29, 0.717) is 39.6 Å². The number of pyridine rings is 1. The van der Waals surface area contributed by atoms with E-state index in [2.05, 4.69) is 15.6 Å². The second-order valence-electron chi connectivity index (χ2n) is 6.30. The highest BCUT2D eigenvalue weighted by Gasteiger charge is 2.25. The van der Waals surface area contributed by atoms with Crippen molar-refractivity contribution in [3.63, 3.8) is 0 Å². The first-order valence-electron chi connectivity index (χ1n) is 8.77. The molecule has 1 unspecified atom stereocenters. The Balaban J connectivity index is 1.53. The molecule has 2 heterocycles. The lowest BCUT2D eigenvalue weighted by atomic mass is 10.1. The van der Waals surface area contributed by atoms with Crippen LogP contribution in [0.2, 0.25) is 0 Å². The van der Waals surface area contributed by atoms with Crippen molar-refractivity contribution in [2.24, 2.45) is 0 Å². The lowest BCUT2D eigenvalue weighted by Gasteiger charge is -2.10. The summed E-state index contributed by atoms with van der Waals surface area (Å²) in [6.07, 6.45) is 4.13. The van der Waals surface area contributed by atoms with Gasteiger partial charge in [0, 0.05) is 24.5 Å². The fourth-order valence-corrected chi connectivity index (χ4v) is 4.32. The number of fused-ring (bicyclic) bond motifs is 2. The summed E-state index contributed by atoms with van der Waals surface area (Å²) in [6.45, 7) is 0.464. The molecule has 3 aromatic rings. The molecule has 1 aliphatic heterocycles. The first-order chi connectivity index (χ1) is 13.6. The van der Waals surface area contributed by atoms with E-state index < -0.39 is 10.8 Å². The zero-order valence-corrected chi connectivity index (χ0v) is 15.7. The molecule has 4 rings (SSSR count). The van der Waals surface area contributed by atoms with E-state index >= 15 is 0 Å². The lowest BCUT2D eigenvalue weighted by molar-refractivity contribution is 0.0952. The van der Waals surface area contributed by atoms with Crippen LogP contribution in [0.5, 0.6) is 0 Å². The van der Waals surface area contributed by atoms with E-state index in [1.165, 1.54) is 0 Å². The summed E-state index contributed by atoms with van der Waals surface area (Å²) < 4.78 is 12.9. The van der Waals surface area contributed by atoms with Crippen molar-refractivity contribution in [2.45, 2.75) is 16.2 Å². The Labute approximate surface area is 164 Å². The fraction of sp³-hybridized carbons (Fsp3) is 0.0952. The molecule has 0 fully saturated rings. The minimum absolute atomic E-state index is 0.256. The van der Waals surface area contributed by atoms with Crippen molar-refractivity contribution in [2.75, 3.05) is 11.9 Å². The lowest BCUT2D eigenvalue weighted by Crippen LogP contribution is -2.26. The van der Waals surface area contributed by atoms with Gasteiger partial charge >= 0.3 is 0 Å². The van der Waals surface area contributed by atoms with Gasteiger partial charge in [0.15, 0.2) is 0 Å². The summed E-state index contributed by atoms with van der Waals surface area (Å²) in [5.41, 5.74) is 2.19. The monoisotopic (exact) mass is 391 g/mol. The highest BCUT2D eigenvalue weighted by molar-refractivity contribution is 7.85. The van der Waals surface area contributed by atoms with Crippen LogP contribution >= 0.6 is 0 Å². The first kappa shape index (κ1) is 18.1. The minimum atomic E-state index is -1.50. The van der Waals surface area contributed by atoms with Gasteiger partial charge in [-0.25, -0.2) is 4.21 Å². The van der Waals surface area contributed by atoms with Crippen LogP contribution in [0.25, 0.3) is 0 Å². The van der Waals surface area contributed by atoms with E-state index in [0.717, 1.165) is 5.56 Å². The van der Waals surface area contributed by atoms with Crippen molar-refractivity contribution < 1.29 is 13.8 Å². The quantitative estimate of drug-likeness (QED) is 0.716. The molecule has 0 spiro atoms. The molecule has 2 N–H and O–H groups in total. The number of amides is 2. The van der Waals surface area contributed by atoms with Crippen LogP contribution in [0.3, 0.4) is 0 Å². The van der Waals surface area contributed by atoms with Crippen LogP contribution in [0.1, 0.15) is 26.3 Å². The Morgan fingerprint density at radius 3 is 2.75 bits per heavy atom. The van der Waals surface area contributed by atoms with Gasteiger partial charge in [0.2, 0.25) is 0 Å². The fourth-order valence-electron chi connectivity index (χ4n) is 3.02. The Morgan fingerprint density at radius 2 is 1.93 bits per heavy atom. The zero-order valence-electron chi connectivity index (χ0n) is 14.8. The summed E-state index contributed by atoms with van der Waals surface area (Å²) in [5, 5.41) is 5.62. The van der Waals surface area contributed by atoms with E-state index in [1.807, 2.05) is 12.1 Å². The Bertz CT molecular complexity index is 1080. The van der Waals surface area contributed by atoms with E-state index in [4.69, 9.17) is 0 Å². The molecular weight excluding hydrogens is 374 g/mol. The molecule has 0 saturated heterocycles. The minimum Gasteiger partial charge on any atom is -0.352 e. The number of nitrogens with zero attached hydrogens (tertiary/aromatic N) is 1. The molecule has 0 bridgehead atoms. The summed E-state index contributed by atoms with van der Waals surface area (Å²) in [5.74, 6) is -0.592. The third-order valence-corrected chi connectivity index (χ3v) is 5.95. The molecule has 0 radical (unpaired) electrons. The second-order valence-corrected chi connectivity index (χ2v) is 7.71. The predicted molar refractivity (Wildman–Crippen MR) is 106 cm³/mol. The van der Waals surface area contributed by atoms with E-state index in [-0.39, 0.29) is 11.8 Å². The molecule has 28 heavy (non-hydrogen) atoms. The first-order valence-corrected chi connectivity index (χ1v) is 9.92. The smallest absolute Gasteiger partial charge is 0.256 e. The maximum absolute atomic E-state index is 12.9. The van der Waals surface area contributed by atoms with Gasteiger partial charge in [-0.3, -0.25) is 14.6 Å². The van der Waals surface area contributed by atoms with Gasteiger partial charge in [-0.1, -0.05) is 18.2 Å². The third kappa shape index (κ3) is 3.57. The standard InChI is InChI=1S/C21H17N3O3S/c25-20(23-11-9-14-4-3-10-22-13-14)15-7-8-19-17(12-15)24-21(26)16-5-1-2-6-18(16)28(19)27/h1-8,10,12-13H,9,11H2,(H,23,25)(H,24,26). The Morgan fingerprint density at radius 1 is 1.07 bits per heavy atom. The van der Waals surface area contributed by atoms with Gasteiger partial charge < -0.3 is 10.6 Å². The summed E-state index contributed by atoms with van der Waals surface area (Å²) in [6, 6.07) is 15.4. The Hall–Kier alpha value is -3.32. The molecule has 2 amide bonds. The van der Waals surface area contributed by atoms with Gasteiger partial charge in [0.1, 0.15) is 0 Å². The number of carbonyl (C=O) groups is 2. The number of hydrogen-bond acceptors (Lipinski definition) is 4. The summed E-state index contributed by atoms with van der Waals surface area (Å²) in [4.78, 5) is 29.9. The number of aromatic nitrogens is 1. The topological polar surface area (TPSA) is 88.2 Å². The molecular formula is C21H17N3O3S. The van der Waals surface area contributed by atoms with Crippen LogP contribution < -0.4 is 10.6 Å². The van der Waals surface area contributed by atoms with Gasteiger partial charge in [0.05, 0.1) is 31.8 Å². The van der Waals surface area contributed by atoms with Crippen LogP contribution in [-0.4, -0.2) is 27.6 Å². The van der Waals surface area contributed by atoms with Crippen LogP contribution in [-0.2, 0) is 17.2 Å². The molecule has 1 aromatic heterocycles. The maximum atomic E-state index is 12.9. The van der Waals surface area contributed by atoms with Gasteiger partial charge in [0.25, 0.3) is 11.8 Å². The number of carbonyl (C=O) groups excluding carboxylic acids is 2. The number of rotatable bonds is 4. The summed E-state index contributed by atoms with van der Waals surface area (Å²) >= 11 is 0. The number of anilines is 1. The SMILES string of the molecule is O=C(NCCc1cccnc1)c1ccc2c(c1)NC(=O)c1ccccc1S2=O. The molecule has 7 heteroatoms. The zero-order chi connectivity index (χ0) is 19.5. The van der Waals surface area contributed by atoms with Crippen molar-refractivity contribution >= 4 is 28.3 Å². The molecule has 0 saturated carbocycles. The molecule has 140 valence electrons. The van der Waals surface area contributed by atoms with Crippen molar-refractivity contribution in [3.05, 3.63) is 83.7 Å². The molecule has 0 aliphatic carbocycles. The Kier molecular flexibility index (Phi) is 4.99. The number of hydrogen-bond donors (Lipinski definition) is 2. The van der Waals surface area contributed by atoms with Crippen LogP contribution in [0.4, 0.5) is 5.69 Å². The van der Waals surface area contributed by atoms with Crippen LogP contribution in [0, 0.1) is 0 Å². The van der Waals surface area contributed by atoms with Gasteiger partial charge in [-0.15, -0.1) is 0 Å². The summed E-state index contributed by atoms with van der Waals surface area (Å²) in [7, 11) is -1.50. The largest absolute Gasteiger partial charge is 0.352 e. The third-order valence-electron chi connectivity index (χ3n) is 4.44. The average molecular weight is 391 g/mol. The molecule has 1 aliphatic rings. The average Bonchev–Trinajstić information content (AvgIpc) is 2.83. The van der Waals surface area contributed by atoms with E-state index in [9.17, 15) is 13.8 Å². The number of benzene rings is 2. The van der Waals surface area contributed by atoms with Crippen LogP contribution in [0.15, 0.2) is 76.8 Å². The predicted octanol–water partition coefficient (Wildman–Crippen LogP) is 2.79. The van der Waals surface area contributed by atoms with Gasteiger partial charge in [-0.05, 0) is 48.4 Å². The second kappa shape index (κ2) is 7.74. The van der Waals surface area contributed by atoms with Crippen molar-refractivity contribution in [3.8, 4) is 0 Å². The van der Waals surface area contributed by atoms with Gasteiger partial charge in [-0.2, -0.15) is 0 Å². The highest BCUT2D eigenvalue weighted by Crippen LogP contribution is 2.31. The van der Waals surface area contributed by atoms with Crippen molar-refractivity contribution in [1.82, 2.24) is 10.3 Å². The van der Waals surface area contributed by atoms with Crippen molar-refractivity contribution in [1.29, 1.82) is 0 Å². The molecule has 2 aromatic carbocycles. The normalized spacial score (nSPS) is 15.0. The molecule has 6 nitrogen and oxygen atoms in total.